The van der Waals surface area contributed by atoms with Crippen LogP contribution in [0.2, 0.25) is 0 Å². The number of hydrogen-bond donors (Lipinski definition) is 0. The molecule has 0 aliphatic carbocycles. The standard InChI is InChI=1S/C94H114N2S10/c1-11-19-23-27-31-35-39-64-58-83(63-43-47-73-71(57-63)72-62-68(44-48-74(72)97-73)93(9,15-5)16-6)102-89(64)79-53-49-75(98-79)76-50-54-80(99-76)90-65(40-36-32-28-24-20-12-2)59-84(103-90)69-45-46-70(88-87(69)95-106-96-88)85-60-66(41-37-33-29-25-21-13-3)91(104-85)81-55-51-77(100-81)78-52-56-82(101-78)92-67(42-38-34-30-26-22-14-4)61-86(105-92)94(10,17-7)18-8/h43-62H,11-42H2,1-10H3. The second-order valence-corrected chi connectivity index (χ2v) is 40.9. The lowest BCUT2D eigenvalue weighted by atomic mass is 9.77. The molecule has 0 fully saturated rings. The second kappa shape index (κ2) is 38.0. The molecule has 0 saturated heterocycles. The van der Waals surface area contributed by atoms with E-state index in [2.05, 4.69) is 202 Å². The molecule has 12 heteroatoms. The molecule has 0 saturated carbocycles. The lowest BCUT2D eigenvalue weighted by Gasteiger charge is -2.27. The van der Waals surface area contributed by atoms with E-state index in [-0.39, 0.29) is 10.8 Å². The molecule has 0 unspecified atom stereocenters. The number of aromatic nitrogens is 2. The van der Waals surface area contributed by atoms with Gasteiger partial charge in [-0.2, -0.15) is 8.75 Å². The van der Waals surface area contributed by atoms with Gasteiger partial charge in [-0.05, 0) is 213 Å². The van der Waals surface area contributed by atoms with Crippen LogP contribution in [0.15, 0.2) is 121 Å². The lowest BCUT2D eigenvalue weighted by Crippen LogP contribution is -2.19. The number of unbranched alkanes of at least 4 members (excludes halogenated alkanes) is 20. The van der Waals surface area contributed by atoms with Gasteiger partial charge >= 0.3 is 0 Å². The fourth-order valence-corrected chi connectivity index (χ4v) is 27.2. The van der Waals surface area contributed by atoms with Gasteiger partial charge in [-0.1, -0.05) is 222 Å². The molecular weight excluding hydrogens is 1480 g/mol. The van der Waals surface area contributed by atoms with Crippen LogP contribution < -0.4 is 0 Å². The van der Waals surface area contributed by atoms with Crippen molar-refractivity contribution in [1.82, 2.24) is 8.75 Å². The summed E-state index contributed by atoms with van der Waals surface area (Å²) in [5.74, 6) is 0. The van der Waals surface area contributed by atoms with Crippen molar-refractivity contribution < 1.29 is 0 Å². The number of rotatable bonds is 43. The quantitative estimate of drug-likeness (QED) is 0.0356. The van der Waals surface area contributed by atoms with Crippen LogP contribution in [0.4, 0.5) is 0 Å². The third-order valence-electron chi connectivity index (χ3n) is 23.4. The van der Waals surface area contributed by atoms with Crippen LogP contribution in [0.3, 0.4) is 0 Å². The van der Waals surface area contributed by atoms with E-state index in [9.17, 15) is 0 Å². The maximum absolute atomic E-state index is 5.20. The molecule has 0 aliphatic heterocycles. The van der Waals surface area contributed by atoms with Crippen LogP contribution in [0.1, 0.15) is 282 Å². The molecule has 560 valence electrons. The van der Waals surface area contributed by atoms with Crippen LogP contribution in [0.5, 0.6) is 0 Å². The normalized spacial score (nSPS) is 12.3. The SMILES string of the molecule is CCCCCCCCc1cc(-c2ccc3sc4ccc(C(C)(CC)CC)cc4c3c2)sc1-c1ccc(-c2ccc(-c3sc(-c4ccc(-c5cc(CCCCCCCC)c(-c6ccc(-c7ccc(-c8sc(C(C)(CC)CC)cc8CCCCCCCC)s7)s6)s5)c5nsnc45)cc3CCCCCCCC)s2)s1. The van der Waals surface area contributed by atoms with Gasteiger partial charge in [-0.15, -0.1) is 102 Å². The fraction of sp³-hybridized carbons (Fsp3) is 0.468. The topological polar surface area (TPSA) is 25.8 Å². The smallest absolute Gasteiger partial charge is 0.114 e. The van der Waals surface area contributed by atoms with E-state index in [4.69, 9.17) is 8.75 Å². The summed E-state index contributed by atoms with van der Waals surface area (Å²) in [6.45, 7) is 23.7. The summed E-state index contributed by atoms with van der Waals surface area (Å²) < 4.78 is 13.2. The summed E-state index contributed by atoms with van der Waals surface area (Å²) in [6.07, 6.45) is 40.5. The van der Waals surface area contributed by atoms with E-state index in [1.54, 1.807) is 10.4 Å². The molecule has 0 amide bonds. The van der Waals surface area contributed by atoms with Crippen molar-refractivity contribution in [2.75, 3.05) is 0 Å². The van der Waals surface area contributed by atoms with Gasteiger partial charge in [-0.25, -0.2) is 0 Å². The van der Waals surface area contributed by atoms with E-state index in [1.807, 2.05) is 90.7 Å². The second-order valence-electron chi connectivity index (χ2n) is 30.8. The zero-order chi connectivity index (χ0) is 73.6. The third-order valence-corrected chi connectivity index (χ3v) is 35.6. The number of benzene rings is 3. The first kappa shape index (κ1) is 79.4. The van der Waals surface area contributed by atoms with E-state index < -0.39 is 0 Å². The number of nitrogens with zero attached hydrogens (tertiary/aromatic N) is 2. The minimum Gasteiger partial charge on any atom is -0.172 e. The van der Waals surface area contributed by atoms with Crippen molar-refractivity contribution in [3.63, 3.8) is 0 Å². The summed E-state index contributed by atoms with van der Waals surface area (Å²) in [5, 5.41) is 2.81. The highest BCUT2D eigenvalue weighted by Crippen LogP contribution is 2.53. The highest BCUT2D eigenvalue weighted by atomic mass is 32.1. The minimum absolute atomic E-state index is 0.188. The highest BCUT2D eigenvalue weighted by molar-refractivity contribution is 7.30. The summed E-state index contributed by atoms with van der Waals surface area (Å²) in [7, 11) is 0. The van der Waals surface area contributed by atoms with E-state index in [0.29, 0.717) is 0 Å². The maximum atomic E-state index is 5.20. The molecule has 13 rings (SSSR count). The van der Waals surface area contributed by atoms with Gasteiger partial charge in [0.15, 0.2) is 0 Å². The van der Waals surface area contributed by atoms with Crippen molar-refractivity contribution in [3.8, 4) is 89.8 Å². The van der Waals surface area contributed by atoms with Gasteiger partial charge in [-0.3, -0.25) is 0 Å². The highest BCUT2D eigenvalue weighted by Gasteiger charge is 2.29. The van der Waals surface area contributed by atoms with Crippen LogP contribution >= 0.6 is 114 Å². The largest absolute Gasteiger partial charge is 0.172 e. The Balaban J connectivity index is 0.785. The van der Waals surface area contributed by atoms with Crippen molar-refractivity contribution in [1.29, 1.82) is 0 Å². The molecule has 13 aromatic rings. The van der Waals surface area contributed by atoms with E-state index in [1.165, 1.54) is 317 Å². The predicted molar refractivity (Wildman–Crippen MR) is 486 cm³/mol. The Kier molecular flexibility index (Phi) is 28.5. The Hall–Kier alpha value is -4.70. The Morgan fingerprint density at radius 3 is 1.02 bits per heavy atom. The summed E-state index contributed by atoms with van der Waals surface area (Å²) >= 11 is 19.4. The molecule has 0 spiro atoms. The van der Waals surface area contributed by atoms with E-state index in [0.717, 1.165) is 43.1 Å². The zero-order valence-corrected chi connectivity index (χ0v) is 73.3. The van der Waals surface area contributed by atoms with E-state index >= 15 is 0 Å². The van der Waals surface area contributed by atoms with Gasteiger partial charge in [0.25, 0.3) is 0 Å². The Bertz CT molecular complexity index is 4920. The van der Waals surface area contributed by atoms with Gasteiger partial charge in [0.2, 0.25) is 0 Å². The number of fused-ring (bicyclic) bond motifs is 4. The Labute approximate surface area is 676 Å². The molecule has 3 aromatic carbocycles. The minimum atomic E-state index is 0.188. The van der Waals surface area contributed by atoms with Gasteiger partial charge < -0.3 is 0 Å². The molecule has 0 aliphatic rings. The van der Waals surface area contributed by atoms with Crippen LogP contribution in [-0.4, -0.2) is 8.75 Å². The van der Waals surface area contributed by atoms with Crippen molar-refractivity contribution in [2.24, 2.45) is 0 Å². The van der Waals surface area contributed by atoms with Crippen LogP contribution in [0, 0.1) is 0 Å². The Morgan fingerprint density at radius 2 is 0.613 bits per heavy atom. The molecular formula is C94H114N2S10. The number of thiophene rings is 9. The molecule has 0 atom stereocenters. The van der Waals surface area contributed by atoms with Gasteiger partial charge in [0.1, 0.15) is 11.0 Å². The first-order valence-corrected chi connectivity index (χ1v) is 49.1. The van der Waals surface area contributed by atoms with Gasteiger partial charge in [0, 0.05) is 115 Å². The first-order chi connectivity index (χ1) is 51.9. The summed E-state index contributed by atoms with van der Waals surface area (Å²) in [6, 6.07) is 49.1. The summed E-state index contributed by atoms with van der Waals surface area (Å²) in [4.78, 5) is 22.5. The Morgan fingerprint density at radius 1 is 0.274 bits per heavy atom. The molecule has 0 bridgehead atoms. The first-order valence-electron chi connectivity index (χ1n) is 41.1. The van der Waals surface area contributed by atoms with Crippen molar-refractivity contribution in [2.45, 2.75) is 286 Å². The lowest BCUT2D eigenvalue weighted by molar-refractivity contribution is 0.439. The predicted octanol–water partition coefficient (Wildman–Crippen LogP) is 35.3. The molecule has 106 heavy (non-hydrogen) atoms. The monoisotopic (exact) mass is 1590 g/mol. The van der Waals surface area contributed by atoms with Gasteiger partial charge in [0.05, 0.1) is 11.7 Å². The van der Waals surface area contributed by atoms with Crippen LogP contribution in [-0.2, 0) is 36.5 Å². The molecule has 10 aromatic heterocycles. The summed E-state index contributed by atoms with van der Waals surface area (Å²) in [5.41, 5.74) is 13.8. The average molecular weight is 1590 g/mol. The zero-order valence-electron chi connectivity index (χ0n) is 65.2. The fourth-order valence-electron chi connectivity index (χ4n) is 15.6. The number of hydrogen-bond acceptors (Lipinski definition) is 12. The average Bonchev–Trinajstić information content (AvgIpc) is 1.60. The molecule has 0 N–H and O–H groups in total. The maximum Gasteiger partial charge on any atom is 0.114 e. The van der Waals surface area contributed by atoms with Crippen LogP contribution in [0.25, 0.3) is 121 Å². The molecule has 10 heterocycles. The molecule has 2 nitrogen and oxygen atoms in total. The van der Waals surface area contributed by atoms with Crippen molar-refractivity contribution in [3.05, 3.63) is 154 Å². The molecule has 0 radical (unpaired) electrons. The number of aryl methyl sites for hydroxylation is 4. The van der Waals surface area contributed by atoms with Crippen molar-refractivity contribution >= 4 is 145 Å². The third kappa shape index (κ3) is 18.4.